The van der Waals surface area contributed by atoms with Gasteiger partial charge in [-0.05, 0) is 23.8 Å². The van der Waals surface area contributed by atoms with Gasteiger partial charge in [-0.3, -0.25) is 9.69 Å². The van der Waals surface area contributed by atoms with E-state index in [1.165, 1.54) is 11.6 Å². The Kier molecular flexibility index (Phi) is 6.89. The fourth-order valence-electron chi connectivity index (χ4n) is 4.51. The summed E-state index contributed by atoms with van der Waals surface area (Å²) < 4.78 is 16.5. The van der Waals surface area contributed by atoms with E-state index < -0.39 is 0 Å². The van der Waals surface area contributed by atoms with Gasteiger partial charge in [0.1, 0.15) is 11.5 Å². The Bertz CT molecular complexity index is 1430. The number of rotatable bonds is 5. The fourth-order valence-corrected chi connectivity index (χ4v) is 4.51. The molecule has 4 aromatic rings. The fraction of sp³-hybridized carbons (Fsp3) is 0.300. The van der Waals surface area contributed by atoms with E-state index in [1.807, 2.05) is 29.2 Å². The first kappa shape index (κ1) is 24.8. The molecule has 0 atom stereocenters. The highest BCUT2D eigenvalue weighted by atomic mass is 19.1. The molecule has 0 aliphatic carbocycles. The minimum Gasteiger partial charge on any atom is -0.335 e. The summed E-state index contributed by atoms with van der Waals surface area (Å²) in [6, 6.07) is 20.3. The standard InChI is InChI=1S/C30H32FN5O/c1-30(2,3)27-21-28-32-25(20-26(36(28)33-27)23-13-7-8-14-24(23)31)29(37)35-18-16-34(17-19-35)15-9-12-22-10-5-4-6-11-22/h4-14,20-21H,15-19H2,1-3H3/b12-9+. The Morgan fingerprint density at radius 1 is 0.973 bits per heavy atom. The molecule has 0 saturated carbocycles. The van der Waals surface area contributed by atoms with Crippen molar-refractivity contribution in [3.05, 3.63) is 95.6 Å². The van der Waals surface area contributed by atoms with Crippen LogP contribution in [0.5, 0.6) is 0 Å². The summed E-state index contributed by atoms with van der Waals surface area (Å²) in [5.74, 6) is -0.503. The third-order valence-electron chi connectivity index (χ3n) is 6.70. The van der Waals surface area contributed by atoms with Crippen molar-refractivity contribution >= 4 is 17.6 Å². The third kappa shape index (κ3) is 5.47. The molecule has 1 aliphatic heterocycles. The molecule has 5 rings (SSSR count). The normalized spacial score (nSPS) is 15.1. The largest absolute Gasteiger partial charge is 0.335 e. The molecular weight excluding hydrogens is 465 g/mol. The Morgan fingerprint density at radius 3 is 2.38 bits per heavy atom. The number of nitrogens with zero attached hydrogens (tertiary/aromatic N) is 5. The summed E-state index contributed by atoms with van der Waals surface area (Å²) >= 11 is 0. The van der Waals surface area contributed by atoms with E-state index in [0.29, 0.717) is 35.7 Å². The number of aromatic nitrogens is 3. The van der Waals surface area contributed by atoms with E-state index in [1.54, 1.807) is 28.8 Å². The molecule has 7 heteroatoms. The molecule has 2 aromatic heterocycles. The van der Waals surface area contributed by atoms with Gasteiger partial charge in [0.15, 0.2) is 5.65 Å². The first-order valence-corrected chi connectivity index (χ1v) is 12.7. The molecule has 1 fully saturated rings. The van der Waals surface area contributed by atoms with Crippen molar-refractivity contribution in [3.63, 3.8) is 0 Å². The zero-order chi connectivity index (χ0) is 26.0. The molecule has 2 aromatic carbocycles. The van der Waals surface area contributed by atoms with Gasteiger partial charge in [-0.1, -0.05) is 75.4 Å². The maximum atomic E-state index is 14.8. The van der Waals surface area contributed by atoms with E-state index in [9.17, 15) is 9.18 Å². The molecule has 0 radical (unpaired) electrons. The van der Waals surface area contributed by atoms with Crippen LogP contribution in [0.4, 0.5) is 4.39 Å². The van der Waals surface area contributed by atoms with Crippen molar-refractivity contribution in [1.29, 1.82) is 0 Å². The maximum absolute atomic E-state index is 14.8. The summed E-state index contributed by atoms with van der Waals surface area (Å²) in [5.41, 5.74) is 3.56. The topological polar surface area (TPSA) is 53.7 Å². The molecule has 6 nitrogen and oxygen atoms in total. The van der Waals surface area contributed by atoms with Crippen molar-refractivity contribution in [1.82, 2.24) is 24.4 Å². The van der Waals surface area contributed by atoms with Gasteiger partial charge < -0.3 is 4.90 Å². The van der Waals surface area contributed by atoms with Crippen LogP contribution in [0, 0.1) is 5.82 Å². The maximum Gasteiger partial charge on any atom is 0.272 e. The molecule has 0 bridgehead atoms. The van der Waals surface area contributed by atoms with Crippen molar-refractivity contribution in [3.8, 4) is 11.3 Å². The van der Waals surface area contributed by atoms with Crippen molar-refractivity contribution in [2.24, 2.45) is 0 Å². The van der Waals surface area contributed by atoms with Gasteiger partial charge in [-0.15, -0.1) is 0 Å². The van der Waals surface area contributed by atoms with E-state index in [2.05, 4.69) is 54.9 Å². The molecule has 190 valence electrons. The van der Waals surface area contributed by atoms with E-state index in [4.69, 9.17) is 5.10 Å². The predicted octanol–water partition coefficient (Wildman–Crippen LogP) is 5.30. The predicted molar refractivity (Wildman–Crippen MR) is 145 cm³/mol. The van der Waals surface area contributed by atoms with Crippen LogP contribution in [0.15, 0.2) is 72.8 Å². The van der Waals surface area contributed by atoms with Gasteiger partial charge in [-0.25, -0.2) is 13.9 Å². The Morgan fingerprint density at radius 2 is 1.68 bits per heavy atom. The smallest absolute Gasteiger partial charge is 0.272 e. The number of amides is 1. The zero-order valence-corrected chi connectivity index (χ0v) is 21.6. The van der Waals surface area contributed by atoms with Crippen LogP contribution in [0.1, 0.15) is 42.5 Å². The van der Waals surface area contributed by atoms with E-state index in [0.717, 1.165) is 25.3 Å². The highest BCUT2D eigenvalue weighted by Gasteiger charge is 2.26. The van der Waals surface area contributed by atoms with Gasteiger partial charge >= 0.3 is 0 Å². The van der Waals surface area contributed by atoms with Gasteiger partial charge in [0.05, 0.1) is 11.4 Å². The quantitative estimate of drug-likeness (QED) is 0.375. The Labute approximate surface area is 217 Å². The molecule has 0 N–H and O–H groups in total. The van der Waals surface area contributed by atoms with Crippen molar-refractivity contribution < 1.29 is 9.18 Å². The minimum atomic E-state index is -0.363. The molecular formula is C30H32FN5O. The molecule has 37 heavy (non-hydrogen) atoms. The van der Waals surface area contributed by atoms with Crippen LogP contribution in [-0.4, -0.2) is 63.0 Å². The number of hydrogen-bond acceptors (Lipinski definition) is 4. The highest BCUT2D eigenvalue weighted by molar-refractivity contribution is 5.94. The first-order valence-electron chi connectivity index (χ1n) is 12.7. The average molecular weight is 498 g/mol. The molecule has 0 unspecified atom stereocenters. The van der Waals surface area contributed by atoms with Gasteiger partial charge in [0.25, 0.3) is 5.91 Å². The average Bonchev–Trinajstić information content (AvgIpc) is 3.34. The summed E-state index contributed by atoms with van der Waals surface area (Å²) in [4.78, 5) is 22.4. The van der Waals surface area contributed by atoms with Gasteiger partial charge in [0, 0.05) is 49.8 Å². The second-order valence-corrected chi connectivity index (χ2v) is 10.5. The molecule has 1 saturated heterocycles. The molecule has 1 amide bonds. The monoisotopic (exact) mass is 497 g/mol. The van der Waals surface area contributed by atoms with Crippen LogP contribution >= 0.6 is 0 Å². The number of hydrogen-bond donors (Lipinski definition) is 0. The number of piperazine rings is 1. The van der Waals surface area contributed by atoms with Gasteiger partial charge in [0.2, 0.25) is 0 Å². The first-order chi connectivity index (χ1) is 17.8. The Hall–Kier alpha value is -3.84. The second kappa shape index (κ2) is 10.3. The minimum absolute atomic E-state index is 0.141. The van der Waals surface area contributed by atoms with Crippen molar-refractivity contribution in [2.45, 2.75) is 26.2 Å². The third-order valence-corrected chi connectivity index (χ3v) is 6.70. The van der Waals surface area contributed by atoms with Crippen LogP contribution in [0.2, 0.25) is 0 Å². The van der Waals surface area contributed by atoms with Crippen LogP contribution in [0.3, 0.4) is 0 Å². The molecule has 1 aliphatic rings. The number of carbonyl (C=O) groups is 1. The number of carbonyl (C=O) groups excluding carboxylic acids is 1. The zero-order valence-electron chi connectivity index (χ0n) is 21.6. The summed E-state index contributed by atoms with van der Waals surface area (Å²) in [6.07, 6.45) is 4.29. The van der Waals surface area contributed by atoms with E-state index in [-0.39, 0.29) is 17.1 Å². The second-order valence-electron chi connectivity index (χ2n) is 10.5. The summed E-state index contributed by atoms with van der Waals surface area (Å²) in [7, 11) is 0. The number of fused-ring (bicyclic) bond motifs is 1. The summed E-state index contributed by atoms with van der Waals surface area (Å²) in [6.45, 7) is 9.85. The van der Waals surface area contributed by atoms with Crippen LogP contribution in [-0.2, 0) is 5.41 Å². The lowest BCUT2D eigenvalue weighted by atomic mass is 9.93. The number of benzene rings is 2. The van der Waals surface area contributed by atoms with Crippen LogP contribution < -0.4 is 0 Å². The van der Waals surface area contributed by atoms with Gasteiger partial charge in [-0.2, -0.15) is 5.10 Å². The number of halogens is 1. The SMILES string of the molecule is CC(C)(C)c1cc2nc(C(=O)N3CCN(C/C=C/c4ccccc4)CC3)cc(-c3ccccc3F)n2n1. The lowest BCUT2D eigenvalue weighted by molar-refractivity contribution is 0.0644. The van der Waals surface area contributed by atoms with Crippen LogP contribution in [0.25, 0.3) is 23.0 Å². The van der Waals surface area contributed by atoms with Crippen molar-refractivity contribution in [2.75, 3.05) is 32.7 Å². The van der Waals surface area contributed by atoms with E-state index >= 15 is 0 Å². The lowest BCUT2D eigenvalue weighted by Gasteiger charge is -2.34. The highest BCUT2D eigenvalue weighted by Crippen LogP contribution is 2.28. The summed E-state index contributed by atoms with van der Waals surface area (Å²) in [5, 5.41) is 4.72. The molecule has 0 spiro atoms. The Balaban J connectivity index is 1.36. The molecule has 3 heterocycles. The lowest BCUT2D eigenvalue weighted by Crippen LogP contribution is -2.48.